The van der Waals surface area contributed by atoms with Gasteiger partial charge in [-0.05, 0) is 6.92 Å². The van der Waals surface area contributed by atoms with Crippen LogP contribution >= 0.6 is 0 Å². The van der Waals surface area contributed by atoms with Gasteiger partial charge in [-0.3, -0.25) is 9.59 Å². The first kappa shape index (κ1) is 29.3. The van der Waals surface area contributed by atoms with E-state index >= 15 is 0 Å². The highest BCUT2D eigenvalue weighted by Crippen LogP contribution is 1.77. The lowest BCUT2D eigenvalue weighted by Crippen LogP contribution is -2.29. The van der Waals surface area contributed by atoms with Crippen molar-refractivity contribution in [1.29, 1.82) is 0 Å². The number of carbonyl (C=O) groups excluding carboxylic acids is 2. The molecule has 0 aromatic heterocycles. The highest BCUT2D eigenvalue weighted by Gasteiger charge is 2.04. The van der Waals surface area contributed by atoms with Gasteiger partial charge in [0.15, 0.2) is 0 Å². The smallest absolute Gasteiger partial charge is 0.229 e. The fraction of sp³-hybridized carbons (Fsp3) is 0.800. The molecule has 2 amide bonds. The van der Waals surface area contributed by atoms with Crippen LogP contribution in [0, 0.1) is 0 Å². The summed E-state index contributed by atoms with van der Waals surface area (Å²) in [4.78, 5) is 21.2. The second-order valence-electron chi connectivity index (χ2n) is 1.80. The van der Waals surface area contributed by atoms with Crippen LogP contribution in [0.1, 0.15) is 43.1 Å². The molecule has 0 atom stereocenters. The molecule has 0 radical (unpaired) electrons. The molecule has 4 heteroatoms. The molecule has 0 bridgehead atoms. The predicted molar refractivity (Wildman–Crippen MR) is 64.3 cm³/mol. The largest absolute Gasteiger partial charge is 0.359 e. The molecule has 0 heterocycles. The lowest BCUT2D eigenvalue weighted by Gasteiger charge is -1.99. The third-order valence-electron chi connectivity index (χ3n) is 0.974. The maximum absolute atomic E-state index is 10.6. The van der Waals surface area contributed by atoms with Crippen molar-refractivity contribution in [3.8, 4) is 0 Å². The summed E-state index contributed by atoms with van der Waals surface area (Å²) >= 11 is 0. The first-order valence-corrected chi connectivity index (χ1v) is 3.18. The van der Waals surface area contributed by atoms with Crippen LogP contribution in [0.5, 0.6) is 0 Å². The molecule has 0 aromatic rings. The summed E-state index contributed by atoms with van der Waals surface area (Å²) in [7, 11) is 1.50. The Labute approximate surface area is 89.5 Å². The summed E-state index contributed by atoms with van der Waals surface area (Å²) in [6, 6.07) is 0. The van der Waals surface area contributed by atoms with Crippen LogP contribution in [0.4, 0.5) is 0 Å². The van der Waals surface area contributed by atoms with Gasteiger partial charge in [0.05, 0.1) is 0 Å². The van der Waals surface area contributed by atoms with Crippen LogP contribution in [0.15, 0.2) is 0 Å². The Kier molecular flexibility index (Phi) is 37.4. The minimum atomic E-state index is -0.258. The van der Waals surface area contributed by atoms with E-state index < -0.39 is 0 Å². The minimum Gasteiger partial charge on any atom is -0.359 e. The van der Waals surface area contributed by atoms with E-state index in [1.165, 1.54) is 7.05 Å². The van der Waals surface area contributed by atoms with Gasteiger partial charge in [-0.15, -0.1) is 0 Å². The van der Waals surface area contributed by atoms with Gasteiger partial charge in [-0.2, -0.15) is 0 Å². The third-order valence-corrected chi connectivity index (χ3v) is 0.974. The Balaban J connectivity index is -0.0000000675. The molecule has 0 aliphatic heterocycles. The summed E-state index contributed by atoms with van der Waals surface area (Å²) < 4.78 is 0. The van der Waals surface area contributed by atoms with Crippen LogP contribution in [0.25, 0.3) is 0 Å². The lowest BCUT2D eigenvalue weighted by atomic mass is 10.4. The number of hydrogen-bond donors (Lipinski definition) is 2. The summed E-state index contributed by atoms with van der Waals surface area (Å²) in [5.41, 5.74) is 0. The molecule has 90 valence electrons. The van der Waals surface area contributed by atoms with Gasteiger partial charge < -0.3 is 10.6 Å². The van der Waals surface area contributed by atoms with E-state index in [1.807, 2.05) is 6.92 Å². The van der Waals surface area contributed by atoms with E-state index in [0.29, 0.717) is 6.54 Å². The Hall–Kier alpha value is -1.06. The number of carbonyl (C=O) groups is 2. The summed E-state index contributed by atoms with van der Waals surface area (Å²) in [6.45, 7) is 2.37. The Morgan fingerprint density at radius 3 is 1.71 bits per heavy atom. The van der Waals surface area contributed by atoms with Crippen molar-refractivity contribution >= 4 is 11.8 Å². The summed E-state index contributed by atoms with van der Waals surface area (Å²) in [5.74, 6) is -0.493. The molecule has 2 N–H and O–H groups in total. The topological polar surface area (TPSA) is 58.2 Å². The number of amides is 2. The van der Waals surface area contributed by atoms with Crippen molar-refractivity contribution in [2.24, 2.45) is 0 Å². The lowest BCUT2D eigenvalue weighted by molar-refractivity contribution is -0.128. The van der Waals surface area contributed by atoms with Gasteiger partial charge in [0.1, 0.15) is 6.42 Å². The monoisotopic (exact) mass is 208 g/mol. The molecule has 0 aliphatic carbocycles. The van der Waals surface area contributed by atoms with E-state index in [9.17, 15) is 9.59 Å². The van der Waals surface area contributed by atoms with Crippen molar-refractivity contribution in [3.05, 3.63) is 0 Å². The molecule has 4 nitrogen and oxygen atoms in total. The van der Waals surface area contributed by atoms with Crippen LogP contribution in [-0.4, -0.2) is 25.4 Å². The quantitative estimate of drug-likeness (QED) is 0.695. The maximum Gasteiger partial charge on any atom is 0.229 e. The van der Waals surface area contributed by atoms with Crippen molar-refractivity contribution in [2.75, 3.05) is 13.6 Å². The van der Waals surface area contributed by atoms with Crippen LogP contribution in [0.3, 0.4) is 0 Å². The summed E-state index contributed by atoms with van der Waals surface area (Å²) in [6.07, 6.45) is -0.0790. The van der Waals surface area contributed by atoms with E-state index in [-0.39, 0.29) is 47.9 Å². The summed E-state index contributed by atoms with van der Waals surface area (Å²) in [5, 5.41) is 4.87. The molecule has 0 aliphatic rings. The van der Waals surface area contributed by atoms with Crippen molar-refractivity contribution < 1.29 is 9.59 Å². The zero-order chi connectivity index (χ0) is 7.98. The number of rotatable bonds is 3. The first-order chi connectivity index (χ1) is 4.70. The van der Waals surface area contributed by atoms with E-state index in [4.69, 9.17) is 0 Å². The first-order valence-electron chi connectivity index (χ1n) is 3.18. The molecule has 0 aromatic carbocycles. The fourth-order valence-corrected chi connectivity index (χ4v) is 0.494. The van der Waals surface area contributed by atoms with E-state index in [2.05, 4.69) is 10.6 Å². The van der Waals surface area contributed by atoms with Gasteiger partial charge in [-0.1, -0.05) is 29.7 Å². The molecule has 14 heavy (non-hydrogen) atoms. The van der Waals surface area contributed by atoms with Gasteiger partial charge in [0.25, 0.3) is 0 Å². The van der Waals surface area contributed by atoms with Gasteiger partial charge >= 0.3 is 0 Å². The van der Waals surface area contributed by atoms with Crippen molar-refractivity contribution in [2.45, 2.75) is 43.1 Å². The van der Waals surface area contributed by atoms with Crippen LogP contribution in [0.2, 0.25) is 0 Å². The standard InChI is InChI=1S/C6H12N2O2.4CH4/c1-3-8-6(10)4-5(9)7-2;;;;/h3-4H2,1-2H3,(H,7,9)(H,8,10);4*1H4. The Morgan fingerprint density at radius 2 is 1.43 bits per heavy atom. The predicted octanol–water partition coefficient (Wildman–Crippen LogP) is 1.80. The molecule has 0 saturated carbocycles. The van der Waals surface area contributed by atoms with Crippen LogP contribution in [-0.2, 0) is 9.59 Å². The van der Waals surface area contributed by atoms with Crippen molar-refractivity contribution in [1.82, 2.24) is 10.6 Å². The highest BCUT2D eigenvalue weighted by atomic mass is 16.2. The second kappa shape index (κ2) is 17.9. The zero-order valence-corrected chi connectivity index (χ0v) is 6.23. The molecule has 0 unspecified atom stereocenters. The van der Waals surface area contributed by atoms with E-state index in [0.717, 1.165) is 0 Å². The third kappa shape index (κ3) is 17.1. The van der Waals surface area contributed by atoms with Crippen LogP contribution < -0.4 is 10.6 Å². The van der Waals surface area contributed by atoms with Gasteiger partial charge in [0, 0.05) is 13.6 Å². The Morgan fingerprint density at radius 1 is 1.00 bits per heavy atom. The average Bonchev–Trinajstić information content (AvgIpc) is 1.88. The maximum atomic E-state index is 10.6. The number of nitrogens with one attached hydrogen (secondary N) is 2. The average molecular weight is 208 g/mol. The second-order valence-corrected chi connectivity index (χ2v) is 1.80. The Bertz CT molecular complexity index is 136. The molecule has 0 fully saturated rings. The van der Waals surface area contributed by atoms with Crippen molar-refractivity contribution in [3.63, 3.8) is 0 Å². The minimum absolute atomic E-state index is 0. The zero-order valence-electron chi connectivity index (χ0n) is 6.23. The normalized spacial score (nSPS) is 6.14. The molecular weight excluding hydrogens is 180 g/mol. The molecule has 0 rings (SSSR count). The fourth-order valence-electron chi connectivity index (χ4n) is 0.494. The molecule has 0 spiro atoms. The van der Waals surface area contributed by atoms with Gasteiger partial charge in [-0.25, -0.2) is 0 Å². The van der Waals surface area contributed by atoms with E-state index in [1.54, 1.807) is 0 Å². The van der Waals surface area contributed by atoms with Gasteiger partial charge in [0.2, 0.25) is 11.8 Å². The number of hydrogen-bond acceptors (Lipinski definition) is 2. The molecule has 0 saturated heterocycles. The highest BCUT2D eigenvalue weighted by molar-refractivity contribution is 5.96. The molecular formula is C10H28N2O2. The SMILES string of the molecule is C.C.C.C.CCNC(=O)CC(=O)NC.